The molecular weight excluding hydrogens is 270 g/mol. The van der Waals surface area contributed by atoms with Gasteiger partial charge in [-0.2, -0.15) is 0 Å². The molecule has 0 saturated heterocycles. The molecule has 1 aromatic heterocycles. The number of H-pyrrole nitrogens is 1. The Morgan fingerprint density at radius 2 is 2.15 bits per heavy atom. The van der Waals surface area contributed by atoms with Gasteiger partial charge in [0.25, 0.3) is 0 Å². The number of amides is 1. The molecule has 9 nitrogen and oxygen atoms in total. The Balaban J connectivity index is 2.54. The topological polar surface area (TPSA) is 135 Å². The Labute approximate surface area is 114 Å². The molecule has 112 valence electrons. The SMILES string of the molecule is CC(C)(C)OC(=O)NC(CCc1noc(=O)[nH]1)C(=O)O. The van der Waals surface area contributed by atoms with E-state index >= 15 is 0 Å². The normalized spacial score (nSPS) is 12.8. The van der Waals surface area contributed by atoms with E-state index in [2.05, 4.69) is 20.0 Å². The second-order valence-electron chi connectivity index (χ2n) is 5.12. The zero-order valence-corrected chi connectivity index (χ0v) is 11.4. The number of aryl methyl sites for hydroxylation is 1. The lowest BCUT2D eigenvalue weighted by Crippen LogP contribution is -2.43. The number of hydrogen-bond donors (Lipinski definition) is 3. The standard InChI is InChI=1S/C11H17N3O6/c1-11(2,3)19-9(17)12-6(8(15)16)4-5-7-13-10(18)20-14-7/h6H,4-5H2,1-3H3,(H,12,17)(H,15,16)(H,13,14,18). The number of carbonyl (C=O) groups excluding carboxylic acids is 1. The molecule has 0 radical (unpaired) electrons. The van der Waals surface area contributed by atoms with Crippen LogP contribution in [-0.4, -0.2) is 39.0 Å². The van der Waals surface area contributed by atoms with Gasteiger partial charge in [-0.05, 0) is 27.2 Å². The van der Waals surface area contributed by atoms with Crippen molar-refractivity contribution in [2.24, 2.45) is 0 Å². The van der Waals surface area contributed by atoms with Gasteiger partial charge in [0.15, 0.2) is 5.82 Å². The first kappa shape index (κ1) is 15.7. The maximum atomic E-state index is 11.5. The molecule has 1 aromatic rings. The smallest absolute Gasteiger partial charge is 0.438 e. The maximum absolute atomic E-state index is 11.5. The molecule has 20 heavy (non-hydrogen) atoms. The van der Waals surface area contributed by atoms with Crippen molar-refractivity contribution in [3.05, 3.63) is 16.4 Å². The molecule has 0 aliphatic carbocycles. The fraction of sp³-hybridized carbons (Fsp3) is 0.636. The Morgan fingerprint density at radius 3 is 2.60 bits per heavy atom. The first-order valence-electron chi connectivity index (χ1n) is 5.94. The molecule has 3 N–H and O–H groups in total. The molecule has 9 heteroatoms. The van der Waals surface area contributed by atoms with Crippen molar-refractivity contribution >= 4 is 12.1 Å². The van der Waals surface area contributed by atoms with Crippen LogP contribution in [0.1, 0.15) is 33.0 Å². The third-order valence-corrected chi connectivity index (χ3v) is 2.14. The van der Waals surface area contributed by atoms with Crippen LogP contribution in [-0.2, 0) is 16.0 Å². The molecule has 0 bridgehead atoms. The minimum atomic E-state index is -1.21. The van der Waals surface area contributed by atoms with Crippen molar-refractivity contribution in [1.29, 1.82) is 0 Å². The lowest BCUT2D eigenvalue weighted by Gasteiger charge is -2.21. The predicted molar refractivity (Wildman–Crippen MR) is 66.2 cm³/mol. The summed E-state index contributed by atoms with van der Waals surface area (Å²) in [6, 6.07) is -1.15. The van der Waals surface area contributed by atoms with Gasteiger partial charge in [0.2, 0.25) is 0 Å². The monoisotopic (exact) mass is 287 g/mol. The van der Waals surface area contributed by atoms with Crippen molar-refractivity contribution in [3.63, 3.8) is 0 Å². The van der Waals surface area contributed by atoms with E-state index in [0.29, 0.717) is 0 Å². The average Bonchev–Trinajstić information content (AvgIpc) is 2.67. The minimum absolute atomic E-state index is 0.0387. The number of nitrogens with one attached hydrogen (secondary N) is 2. The van der Waals surface area contributed by atoms with Gasteiger partial charge in [-0.15, -0.1) is 0 Å². The van der Waals surface area contributed by atoms with Crippen LogP contribution in [0.4, 0.5) is 4.79 Å². The van der Waals surface area contributed by atoms with Gasteiger partial charge >= 0.3 is 17.8 Å². The van der Waals surface area contributed by atoms with Gasteiger partial charge in [-0.3, -0.25) is 9.51 Å². The van der Waals surface area contributed by atoms with Gasteiger partial charge in [0.05, 0.1) is 0 Å². The van der Waals surface area contributed by atoms with Crippen molar-refractivity contribution in [2.75, 3.05) is 0 Å². The lowest BCUT2D eigenvalue weighted by molar-refractivity contribution is -0.139. The molecule has 0 aliphatic rings. The van der Waals surface area contributed by atoms with E-state index in [0.717, 1.165) is 0 Å². The lowest BCUT2D eigenvalue weighted by atomic mass is 10.1. The number of rotatable bonds is 5. The highest BCUT2D eigenvalue weighted by Crippen LogP contribution is 2.07. The Bertz CT molecular complexity index is 527. The molecule has 1 atom stereocenters. The van der Waals surface area contributed by atoms with Crippen LogP contribution in [0.15, 0.2) is 9.32 Å². The summed E-state index contributed by atoms with van der Waals surface area (Å²) in [7, 11) is 0. The summed E-state index contributed by atoms with van der Waals surface area (Å²) in [4.78, 5) is 35.5. The van der Waals surface area contributed by atoms with Crippen LogP contribution in [0.25, 0.3) is 0 Å². The summed E-state index contributed by atoms with van der Waals surface area (Å²) in [6.07, 6.45) is -0.645. The van der Waals surface area contributed by atoms with Crippen LogP contribution in [0.3, 0.4) is 0 Å². The van der Waals surface area contributed by atoms with Crippen molar-refractivity contribution < 1.29 is 24.0 Å². The first-order valence-corrected chi connectivity index (χ1v) is 5.94. The molecule has 1 amide bonds. The number of alkyl carbamates (subject to hydrolysis) is 1. The molecular formula is C11H17N3O6. The highest BCUT2D eigenvalue weighted by Gasteiger charge is 2.24. The van der Waals surface area contributed by atoms with Crippen LogP contribution in [0.5, 0.6) is 0 Å². The van der Waals surface area contributed by atoms with Gasteiger partial charge in [-0.25, -0.2) is 14.4 Å². The highest BCUT2D eigenvalue weighted by atomic mass is 16.6. The van der Waals surface area contributed by atoms with Crippen LogP contribution >= 0.6 is 0 Å². The predicted octanol–water partition coefficient (Wildman–Crippen LogP) is 0.273. The first-order chi connectivity index (χ1) is 9.17. The van der Waals surface area contributed by atoms with Gasteiger partial charge < -0.3 is 15.2 Å². The highest BCUT2D eigenvalue weighted by molar-refractivity contribution is 5.79. The van der Waals surface area contributed by atoms with Crippen molar-refractivity contribution in [3.8, 4) is 0 Å². The Kier molecular flexibility index (Phi) is 4.89. The zero-order valence-electron chi connectivity index (χ0n) is 11.4. The molecule has 1 unspecified atom stereocenters. The maximum Gasteiger partial charge on any atom is 0.438 e. The van der Waals surface area contributed by atoms with E-state index in [9.17, 15) is 14.4 Å². The number of ether oxygens (including phenoxy) is 1. The summed E-state index contributed by atoms with van der Waals surface area (Å²) < 4.78 is 9.25. The Morgan fingerprint density at radius 1 is 1.50 bits per heavy atom. The van der Waals surface area contributed by atoms with Gasteiger partial charge in [0.1, 0.15) is 11.6 Å². The number of nitrogens with zero attached hydrogens (tertiary/aromatic N) is 1. The number of carbonyl (C=O) groups is 2. The number of aromatic nitrogens is 2. The van der Waals surface area contributed by atoms with E-state index in [4.69, 9.17) is 9.84 Å². The summed E-state index contributed by atoms with van der Waals surface area (Å²) in [5.41, 5.74) is -0.718. The van der Waals surface area contributed by atoms with Crippen LogP contribution in [0, 0.1) is 0 Å². The van der Waals surface area contributed by atoms with Crippen LogP contribution in [0.2, 0.25) is 0 Å². The Hall–Kier alpha value is -2.32. The fourth-order valence-corrected chi connectivity index (χ4v) is 1.36. The van der Waals surface area contributed by atoms with E-state index < -0.39 is 29.5 Å². The quantitative estimate of drug-likeness (QED) is 0.707. The van der Waals surface area contributed by atoms with Gasteiger partial charge in [0, 0.05) is 6.42 Å². The minimum Gasteiger partial charge on any atom is -0.480 e. The average molecular weight is 287 g/mol. The van der Waals surface area contributed by atoms with Crippen molar-refractivity contribution in [1.82, 2.24) is 15.5 Å². The number of aliphatic carboxylic acids is 1. The number of hydrogen-bond acceptors (Lipinski definition) is 6. The summed E-state index contributed by atoms with van der Waals surface area (Å²) in [5.74, 6) is -1.71. The number of carboxylic acid groups (broad SMARTS) is 1. The molecule has 0 fully saturated rings. The largest absolute Gasteiger partial charge is 0.480 e. The third kappa shape index (κ3) is 5.55. The molecule has 0 aliphatic heterocycles. The molecule has 0 spiro atoms. The van der Waals surface area contributed by atoms with Crippen molar-refractivity contribution in [2.45, 2.75) is 45.3 Å². The van der Waals surface area contributed by atoms with Gasteiger partial charge in [-0.1, -0.05) is 5.16 Å². The third-order valence-electron chi connectivity index (χ3n) is 2.14. The fourth-order valence-electron chi connectivity index (χ4n) is 1.36. The van der Waals surface area contributed by atoms with E-state index in [-0.39, 0.29) is 18.7 Å². The van der Waals surface area contributed by atoms with Crippen LogP contribution < -0.4 is 11.1 Å². The molecule has 1 heterocycles. The molecule has 1 rings (SSSR count). The number of aromatic amines is 1. The molecule has 0 aromatic carbocycles. The van der Waals surface area contributed by atoms with E-state index in [1.54, 1.807) is 20.8 Å². The summed E-state index contributed by atoms with van der Waals surface area (Å²) in [5, 5.41) is 14.7. The second-order valence-corrected chi connectivity index (χ2v) is 5.12. The van der Waals surface area contributed by atoms with E-state index in [1.807, 2.05) is 0 Å². The van der Waals surface area contributed by atoms with E-state index in [1.165, 1.54) is 0 Å². The second kappa shape index (κ2) is 6.22. The number of carboxylic acids is 1. The zero-order chi connectivity index (χ0) is 15.3. The summed E-state index contributed by atoms with van der Waals surface area (Å²) >= 11 is 0. The molecule has 0 saturated carbocycles. The summed E-state index contributed by atoms with van der Waals surface area (Å²) in [6.45, 7) is 5.01.